The third-order valence-corrected chi connectivity index (χ3v) is 5.96. The van der Waals surface area contributed by atoms with E-state index in [1.165, 1.54) is 22.4 Å². The highest BCUT2D eigenvalue weighted by Crippen LogP contribution is 2.24. The van der Waals surface area contributed by atoms with E-state index < -0.39 is 11.6 Å². The molecule has 1 saturated heterocycles. The van der Waals surface area contributed by atoms with Crippen LogP contribution in [0, 0.1) is 25.5 Å². The zero-order chi connectivity index (χ0) is 22.7. The summed E-state index contributed by atoms with van der Waals surface area (Å²) in [7, 11) is 0. The van der Waals surface area contributed by atoms with Crippen LogP contribution < -0.4 is 0 Å². The van der Waals surface area contributed by atoms with Crippen molar-refractivity contribution in [3.63, 3.8) is 0 Å². The molecule has 0 spiro atoms. The molecule has 168 valence electrons. The van der Waals surface area contributed by atoms with Gasteiger partial charge in [-0.2, -0.15) is 5.10 Å². The summed E-state index contributed by atoms with van der Waals surface area (Å²) in [6.07, 6.45) is 2.57. The van der Waals surface area contributed by atoms with Crippen molar-refractivity contribution in [2.24, 2.45) is 0 Å². The SMILES string of the molecule is Cc1nn(-c2ccc(F)cc2F)c(C)c1C(=O)N1CCC(OCCc2ccccc2)CC1. The molecule has 2 heterocycles. The Hall–Kier alpha value is -3.06. The minimum Gasteiger partial charge on any atom is -0.378 e. The summed E-state index contributed by atoms with van der Waals surface area (Å²) < 4.78 is 34.9. The predicted octanol–water partition coefficient (Wildman–Crippen LogP) is 4.63. The zero-order valence-corrected chi connectivity index (χ0v) is 18.4. The van der Waals surface area contributed by atoms with Crippen molar-refractivity contribution < 1.29 is 18.3 Å². The molecule has 1 aromatic heterocycles. The van der Waals surface area contributed by atoms with Crippen LogP contribution in [0.25, 0.3) is 5.69 Å². The van der Waals surface area contributed by atoms with E-state index in [-0.39, 0.29) is 17.7 Å². The average Bonchev–Trinajstić information content (AvgIpc) is 3.08. The van der Waals surface area contributed by atoms with Gasteiger partial charge in [-0.1, -0.05) is 30.3 Å². The number of amides is 1. The number of ether oxygens (including phenoxy) is 1. The van der Waals surface area contributed by atoms with Gasteiger partial charge in [-0.3, -0.25) is 4.79 Å². The number of likely N-dealkylation sites (tertiary alicyclic amines) is 1. The maximum Gasteiger partial charge on any atom is 0.257 e. The Balaban J connectivity index is 1.37. The number of benzene rings is 2. The van der Waals surface area contributed by atoms with Crippen molar-refractivity contribution in [1.82, 2.24) is 14.7 Å². The average molecular weight is 440 g/mol. The maximum atomic E-state index is 14.3. The molecule has 1 aliphatic rings. The number of carbonyl (C=O) groups excluding carboxylic acids is 1. The van der Waals surface area contributed by atoms with E-state index in [9.17, 15) is 13.6 Å². The Morgan fingerprint density at radius 1 is 1.09 bits per heavy atom. The van der Waals surface area contributed by atoms with Crippen molar-refractivity contribution in [3.05, 3.63) is 82.7 Å². The molecular weight excluding hydrogens is 412 g/mol. The summed E-state index contributed by atoms with van der Waals surface area (Å²) in [5.74, 6) is -1.49. The van der Waals surface area contributed by atoms with Crippen molar-refractivity contribution >= 4 is 5.91 Å². The third-order valence-electron chi connectivity index (χ3n) is 5.96. The summed E-state index contributed by atoms with van der Waals surface area (Å²) in [5.41, 5.74) is 2.91. The molecule has 4 rings (SSSR count). The molecule has 7 heteroatoms. The van der Waals surface area contributed by atoms with Gasteiger partial charge in [0.2, 0.25) is 0 Å². The summed E-state index contributed by atoms with van der Waals surface area (Å²) >= 11 is 0. The minimum atomic E-state index is -0.719. The molecule has 0 unspecified atom stereocenters. The van der Waals surface area contributed by atoms with Gasteiger partial charge in [-0.25, -0.2) is 13.5 Å². The molecular formula is C25H27F2N3O2. The summed E-state index contributed by atoms with van der Waals surface area (Å²) in [4.78, 5) is 15.0. The lowest BCUT2D eigenvalue weighted by molar-refractivity contribution is 0.0100. The van der Waals surface area contributed by atoms with Gasteiger partial charge < -0.3 is 9.64 Å². The van der Waals surface area contributed by atoms with E-state index in [0.717, 1.165) is 25.3 Å². The Labute approximate surface area is 186 Å². The van der Waals surface area contributed by atoms with Gasteiger partial charge in [0.25, 0.3) is 5.91 Å². The summed E-state index contributed by atoms with van der Waals surface area (Å²) in [6.45, 7) is 5.33. The molecule has 5 nitrogen and oxygen atoms in total. The van der Waals surface area contributed by atoms with E-state index in [2.05, 4.69) is 17.2 Å². The van der Waals surface area contributed by atoms with E-state index in [1.807, 2.05) is 18.2 Å². The molecule has 0 bridgehead atoms. The number of rotatable bonds is 6. The first-order chi connectivity index (χ1) is 15.4. The van der Waals surface area contributed by atoms with Crippen LogP contribution in [-0.2, 0) is 11.2 Å². The maximum absolute atomic E-state index is 14.3. The number of aromatic nitrogens is 2. The molecule has 1 aliphatic heterocycles. The molecule has 0 N–H and O–H groups in total. The Kier molecular flexibility index (Phi) is 6.65. The van der Waals surface area contributed by atoms with E-state index in [0.29, 0.717) is 36.6 Å². The first kappa shape index (κ1) is 22.1. The van der Waals surface area contributed by atoms with Gasteiger partial charge >= 0.3 is 0 Å². The topological polar surface area (TPSA) is 47.4 Å². The molecule has 0 saturated carbocycles. The summed E-state index contributed by atoms with van der Waals surface area (Å²) in [5, 5.41) is 4.35. The molecule has 0 aliphatic carbocycles. The lowest BCUT2D eigenvalue weighted by atomic mass is 10.1. The number of nitrogens with zero attached hydrogens (tertiary/aromatic N) is 3. The van der Waals surface area contributed by atoms with Crippen molar-refractivity contribution in [2.75, 3.05) is 19.7 Å². The number of hydrogen-bond acceptors (Lipinski definition) is 3. The van der Waals surface area contributed by atoms with Crippen LogP contribution in [0.2, 0.25) is 0 Å². The predicted molar refractivity (Wildman–Crippen MR) is 118 cm³/mol. The van der Waals surface area contributed by atoms with Gasteiger partial charge in [-0.05, 0) is 50.8 Å². The van der Waals surface area contributed by atoms with Crippen LogP contribution in [0.15, 0.2) is 48.5 Å². The monoisotopic (exact) mass is 439 g/mol. The number of hydrogen-bond donors (Lipinski definition) is 0. The lowest BCUT2D eigenvalue weighted by Gasteiger charge is -2.32. The number of halogens is 2. The lowest BCUT2D eigenvalue weighted by Crippen LogP contribution is -2.41. The number of piperidine rings is 1. The fourth-order valence-electron chi connectivity index (χ4n) is 4.21. The smallest absolute Gasteiger partial charge is 0.257 e. The molecule has 2 aromatic carbocycles. The fraction of sp³-hybridized carbons (Fsp3) is 0.360. The highest BCUT2D eigenvalue weighted by atomic mass is 19.1. The number of aryl methyl sites for hydroxylation is 1. The molecule has 32 heavy (non-hydrogen) atoms. The Morgan fingerprint density at radius 2 is 1.81 bits per heavy atom. The van der Waals surface area contributed by atoms with Crippen molar-refractivity contribution in [2.45, 2.75) is 39.2 Å². The number of carbonyl (C=O) groups is 1. The van der Waals surface area contributed by atoms with Crippen molar-refractivity contribution in [3.8, 4) is 5.69 Å². The van der Waals surface area contributed by atoms with Crippen LogP contribution >= 0.6 is 0 Å². The second kappa shape index (κ2) is 9.61. The third kappa shape index (κ3) is 4.72. The first-order valence-corrected chi connectivity index (χ1v) is 10.9. The van der Waals surface area contributed by atoms with Crippen molar-refractivity contribution in [1.29, 1.82) is 0 Å². The van der Waals surface area contributed by atoms with E-state index in [1.54, 1.807) is 18.7 Å². The fourth-order valence-corrected chi connectivity index (χ4v) is 4.21. The minimum absolute atomic E-state index is 0.114. The normalized spacial score (nSPS) is 14.7. The first-order valence-electron chi connectivity index (χ1n) is 10.9. The van der Waals surface area contributed by atoms with Gasteiger partial charge in [0.15, 0.2) is 5.82 Å². The van der Waals surface area contributed by atoms with Crippen LogP contribution in [0.1, 0.15) is 40.2 Å². The van der Waals surface area contributed by atoms with Crippen LogP contribution in [0.3, 0.4) is 0 Å². The second-order valence-electron chi connectivity index (χ2n) is 8.15. The quantitative estimate of drug-likeness (QED) is 0.563. The van der Waals surface area contributed by atoms with Gasteiger partial charge in [0.1, 0.15) is 11.5 Å². The molecule has 0 radical (unpaired) electrons. The van der Waals surface area contributed by atoms with E-state index in [4.69, 9.17) is 4.74 Å². The Morgan fingerprint density at radius 3 is 2.50 bits per heavy atom. The van der Waals surface area contributed by atoms with Gasteiger partial charge in [0.05, 0.1) is 29.7 Å². The second-order valence-corrected chi connectivity index (χ2v) is 8.15. The zero-order valence-electron chi connectivity index (χ0n) is 18.4. The van der Waals surface area contributed by atoms with Gasteiger partial charge in [0, 0.05) is 19.2 Å². The standard InChI is InChI=1S/C25H27F2N3O2/c1-17-24(18(2)30(28-17)23-9-8-20(26)16-22(23)27)25(31)29-13-10-21(11-14-29)32-15-12-19-6-4-3-5-7-19/h3-9,16,21H,10-15H2,1-2H3. The largest absolute Gasteiger partial charge is 0.378 e. The van der Waals surface area contributed by atoms with E-state index >= 15 is 0 Å². The van der Waals surface area contributed by atoms with Gasteiger partial charge in [-0.15, -0.1) is 0 Å². The van der Waals surface area contributed by atoms with Crippen LogP contribution in [0.4, 0.5) is 8.78 Å². The highest BCUT2D eigenvalue weighted by Gasteiger charge is 2.28. The van der Waals surface area contributed by atoms with Crippen LogP contribution in [-0.4, -0.2) is 46.4 Å². The molecule has 1 amide bonds. The molecule has 3 aromatic rings. The molecule has 1 fully saturated rings. The highest BCUT2D eigenvalue weighted by molar-refractivity contribution is 5.96. The van der Waals surface area contributed by atoms with Crippen LogP contribution in [0.5, 0.6) is 0 Å². The molecule has 0 atom stereocenters. The Bertz CT molecular complexity index is 1090. The summed E-state index contributed by atoms with van der Waals surface area (Å²) in [6, 6.07) is 13.6.